The van der Waals surface area contributed by atoms with Crippen LogP contribution in [0.4, 0.5) is 5.82 Å². The summed E-state index contributed by atoms with van der Waals surface area (Å²) in [6.45, 7) is 0. The first-order valence-corrected chi connectivity index (χ1v) is 5.08. The maximum absolute atomic E-state index is 8.52. The number of hydrogen-bond donors (Lipinski definition) is 2. The molecule has 86 valence electrons. The van der Waals surface area contributed by atoms with E-state index in [2.05, 4.69) is 20.7 Å². The van der Waals surface area contributed by atoms with E-state index in [1.54, 1.807) is 18.2 Å². The normalized spacial score (nSPS) is 9.00. The van der Waals surface area contributed by atoms with Crippen LogP contribution in [0, 0.1) is 22.7 Å². The zero-order valence-electron chi connectivity index (χ0n) is 9.25. The molecule has 2 N–H and O–H groups in total. The molecule has 18 heavy (non-hydrogen) atoms. The fourth-order valence-corrected chi connectivity index (χ4v) is 1.33. The van der Waals surface area contributed by atoms with Crippen molar-refractivity contribution in [3.05, 3.63) is 36.4 Å². The van der Waals surface area contributed by atoms with E-state index in [1.165, 1.54) is 0 Å². The minimum absolute atomic E-state index is 0.251. The van der Waals surface area contributed by atoms with Crippen LogP contribution in [0.1, 0.15) is 0 Å². The molecule has 0 saturated heterocycles. The predicted molar refractivity (Wildman–Crippen MR) is 66.3 cm³/mol. The minimum Gasteiger partial charge on any atom is -0.276 e. The van der Waals surface area contributed by atoms with Gasteiger partial charge in [0.1, 0.15) is 12.1 Å². The number of rotatable bonds is 3. The second-order valence-electron chi connectivity index (χ2n) is 3.33. The largest absolute Gasteiger partial charge is 0.276 e. The Morgan fingerprint density at radius 3 is 2.61 bits per heavy atom. The summed E-state index contributed by atoms with van der Waals surface area (Å²) in [6.07, 6.45) is 0. The highest BCUT2D eigenvalue weighted by atomic mass is 15.4. The molecule has 0 atom stereocenters. The number of nitriles is 2. The van der Waals surface area contributed by atoms with Gasteiger partial charge in [-0.3, -0.25) is 10.5 Å². The van der Waals surface area contributed by atoms with Crippen molar-refractivity contribution >= 4 is 11.5 Å². The molecule has 0 radical (unpaired) electrons. The molecule has 0 unspecified atom stereocenters. The Morgan fingerprint density at radius 2 is 1.94 bits per heavy atom. The number of benzene rings is 1. The monoisotopic (exact) mass is 236 g/mol. The van der Waals surface area contributed by atoms with Crippen molar-refractivity contribution < 1.29 is 0 Å². The second kappa shape index (κ2) is 5.28. The van der Waals surface area contributed by atoms with Gasteiger partial charge in [-0.2, -0.15) is 20.7 Å². The molecule has 0 saturated carbocycles. The SMILES string of the molecule is N#CC(C#N)=NNc1cc(-c2ccccc2)[nH]n1. The van der Waals surface area contributed by atoms with Crippen LogP contribution < -0.4 is 5.43 Å². The first-order chi connectivity index (χ1) is 8.83. The van der Waals surface area contributed by atoms with Crippen molar-refractivity contribution in [3.8, 4) is 23.4 Å². The molecule has 2 aromatic rings. The van der Waals surface area contributed by atoms with Crippen molar-refractivity contribution in [2.24, 2.45) is 5.10 Å². The van der Waals surface area contributed by atoms with E-state index < -0.39 is 0 Å². The molecular weight excluding hydrogens is 228 g/mol. The molecular formula is C12H8N6. The summed E-state index contributed by atoms with van der Waals surface area (Å²) < 4.78 is 0. The van der Waals surface area contributed by atoms with Gasteiger partial charge in [-0.25, -0.2) is 0 Å². The van der Waals surface area contributed by atoms with Crippen LogP contribution >= 0.6 is 0 Å². The van der Waals surface area contributed by atoms with Gasteiger partial charge in [0.05, 0.1) is 5.69 Å². The van der Waals surface area contributed by atoms with Crippen molar-refractivity contribution in [1.29, 1.82) is 10.5 Å². The van der Waals surface area contributed by atoms with E-state index in [9.17, 15) is 0 Å². The third-order valence-electron chi connectivity index (χ3n) is 2.16. The molecule has 1 aromatic carbocycles. The van der Waals surface area contributed by atoms with Gasteiger partial charge in [0.15, 0.2) is 5.82 Å². The van der Waals surface area contributed by atoms with Gasteiger partial charge >= 0.3 is 0 Å². The van der Waals surface area contributed by atoms with E-state index >= 15 is 0 Å². The van der Waals surface area contributed by atoms with Gasteiger partial charge in [0.25, 0.3) is 0 Å². The van der Waals surface area contributed by atoms with Crippen LogP contribution in [0.5, 0.6) is 0 Å². The summed E-state index contributed by atoms with van der Waals surface area (Å²) >= 11 is 0. The van der Waals surface area contributed by atoms with E-state index in [4.69, 9.17) is 10.5 Å². The van der Waals surface area contributed by atoms with Gasteiger partial charge < -0.3 is 0 Å². The lowest BCUT2D eigenvalue weighted by molar-refractivity contribution is 1.08. The fourth-order valence-electron chi connectivity index (χ4n) is 1.33. The van der Waals surface area contributed by atoms with Crippen molar-refractivity contribution in [2.75, 3.05) is 5.43 Å². The quantitative estimate of drug-likeness (QED) is 0.627. The van der Waals surface area contributed by atoms with Crippen LogP contribution in [0.2, 0.25) is 0 Å². The molecule has 0 aliphatic heterocycles. The summed E-state index contributed by atoms with van der Waals surface area (Å²) in [6, 6.07) is 14.7. The average molecular weight is 236 g/mol. The lowest BCUT2D eigenvalue weighted by Gasteiger charge is -1.94. The van der Waals surface area contributed by atoms with Crippen LogP contribution in [-0.4, -0.2) is 15.9 Å². The van der Waals surface area contributed by atoms with Gasteiger partial charge in [-0.15, -0.1) is 0 Å². The highest BCUT2D eigenvalue weighted by Crippen LogP contribution is 2.18. The van der Waals surface area contributed by atoms with Crippen molar-refractivity contribution in [3.63, 3.8) is 0 Å². The lowest BCUT2D eigenvalue weighted by atomic mass is 10.2. The first kappa shape index (κ1) is 11.4. The highest BCUT2D eigenvalue weighted by molar-refractivity contribution is 6.10. The maximum atomic E-state index is 8.52. The van der Waals surface area contributed by atoms with Crippen molar-refractivity contribution in [1.82, 2.24) is 10.2 Å². The van der Waals surface area contributed by atoms with Crippen LogP contribution in [-0.2, 0) is 0 Å². The average Bonchev–Trinajstić information content (AvgIpc) is 2.90. The van der Waals surface area contributed by atoms with E-state index in [-0.39, 0.29) is 5.71 Å². The number of hydrazone groups is 1. The van der Waals surface area contributed by atoms with Crippen LogP contribution in [0.25, 0.3) is 11.3 Å². The predicted octanol–water partition coefficient (Wildman–Crippen LogP) is 1.89. The molecule has 0 bridgehead atoms. The maximum Gasteiger partial charge on any atom is 0.237 e. The fraction of sp³-hybridized carbons (Fsp3) is 0. The minimum atomic E-state index is -0.251. The summed E-state index contributed by atoms with van der Waals surface area (Å²) in [5.41, 5.74) is 4.10. The van der Waals surface area contributed by atoms with Gasteiger partial charge in [0.2, 0.25) is 5.71 Å². The van der Waals surface area contributed by atoms with E-state index in [1.807, 2.05) is 30.3 Å². The zero-order valence-corrected chi connectivity index (χ0v) is 9.25. The Morgan fingerprint density at radius 1 is 1.22 bits per heavy atom. The number of nitrogens with one attached hydrogen (secondary N) is 2. The Labute approximate surface area is 103 Å². The Kier molecular flexibility index (Phi) is 3.34. The molecule has 0 aliphatic rings. The smallest absolute Gasteiger partial charge is 0.237 e. The molecule has 1 aromatic heterocycles. The third-order valence-corrected chi connectivity index (χ3v) is 2.16. The third kappa shape index (κ3) is 2.52. The number of hydrogen-bond acceptors (Lipinski definition) is 5. The van der Waals surface area contributed by atoms with Gasteiger partial charge in [-0.05, 0) is 5.56 Å². The molecule has 0 fully saturated rings. The molecule has 2 rings (SSSR count). The Bertz CT molecular complexity index is 625. The van der Waals surface area contributed by atoms with Gasteiger partial charge in [-0.1, -0.05) is 30.3 Å². The highest BCUT2D eigenvalue weighted by Gasteiger charge is 2.02. The molecule has 1 heterocycles. The first-order valence-electron chi connectivity index (χ1n) is 5.08. The zero-order chi connectivity index (χ0) is 12.8. The molecule has 6 heteroatoms. The standard InChI is InChI=1S/C12H8N6/c13-7-10(8-14)15-17-12-6-11(16-18-12)9-4-2-1-3-5-9/h1-6H,(H2,16,17,18). The molecule has 0 aliphatic carbocycles. The van der Waals surface area contributed by atoms with Crippen molar-refractivity contribution in [2.45, 2.75) is 0 Å². The number of nitrogens with zero attached hydrogens (tertiary/aromatic N) is 4. The lowest BCUT2D eigenvalue weighted by Crippen LogP contribution is -1.96. The van der Waals surface area contributed by atoms with Gasteiger partial charge in [0, 0.05) is 6.07 Å². The second-order valence-corrected chi connectivity index (χ2v) is 3.33. The topological polar surface area (TPSA) is 101 Å². The Balaban J connectivity index is 2.16. The van der Waals surface area contributed by atoms with E-state index in [0.717, 1.165) is 11.3 Å². The van der Waals surface area contributed by atoms with Crippen LogP contribution in [0.3, 0.4) is 0 Å². The molecule has 0 amide bonds. The summed E-state index contributed by atoms with van der Waals surface area (Å²) in [5.74, 6) is 0.442. The number of aromatic amines is 1. The summed E-state index contributed by atoms with van der Waals surface area (Å²) in [4.78, 5) is 0. The summed E-state index contributed by atoms with van der Waals surface area (Å²) in [5, 5.41) is 27.4. The van der Waals surface area contributed by atoms with Crippen LogP contribution in [0.15, 0.2) is 41.5 Å². The number of H-pyrrole nitrogens is 1. The number of anilines is 1. The summed E-state index contributed by atoms with van der Waals surface area (Å²) in [7, 11) is 0. The molecule has 0 spiro atoms. The number of aromatic nitrogens is 2. The Hall–Kier alpha value is -3.12. The molecule has 6 nitrogen and oxygen atoms in total. The van der Waals surface area contributed by atoms with E-state index in [0.29, 0.717) is 5.82 Å².